The number of nitrogens with zero attached hydrogens (tertiary/aromatic N) is 4. The van der Waals surface area contributed by atoms with Crippen LogP contribution in [0, 0.1) is 13.8 Å². The van der Waals surface area contributed by atoms with E-state index in [0.29, 0.717) is 0 Å². The molecular weight excluding hydrogens is 382 g/mol. The zero-order valence-corrected chi connectivity index (χ0v) is 19.1. The fraction of sp³-hybridized carbons (Fsp3) is 0.423. The number of likely N-dealkylation sites (N-methyl/N-ethyl adjacent to an activating group) is 1. The lowest BCUT2D eigenvalue weighted by atomic mass is 9.97. The van der Waals surface area contributed by atoms with Gasteiger partial charge in [-0.1, -0.05) is 48.0 Å². The number of aromatic nitrogens is 2. The maximum atomic E-state index is 4.42. The van der Waals surface area contributed by atoms with Crippen molar-refractivity contribution >= 4 is 0 Å². The van der Waals surface area contributed by atoms with Gasteiger partial charge in [-0.25, -0.2) is 0 Å². The van der Waals surface area contributed by atoms with Crippen LogP contribution in [-0.2, 0) is 19.6 Å². The van der Waals surface area contributed by atoms with Gasteiger partial charge in [-0.2, -0.15) is 5.10 Å². The Bertz CT molecular complexity index is 943. The van der Waals surface area contributed by atoms with Crippen LogP contribution in [0.4, 0.5) is 0 Å². The smallest absolute Gasteiger partial charge is 0.0604 e. The van der Waals surface area contributed by atoms with E-state index in [4.69, 9.17) is 0 Å². The fourth-order valence-electron chi connectivity index (χ4n) is 4.41. The lowest BCUT2D eigenvalue weighted by Crippen LogP contribution is -2.44. The van der Waals surface area contributed by atoms with E-state index in [-0.39, 0.29) is 6.04 Å². The molecule has 0 radical (unpaired) electrons. The molecule has 1 aliphatic rings. The van der Waals surface area contributed by atoms with Crippen molar-refractivity contribution in [1.29, 1.82) is 0 Å². The van der Waals surface area contributed by atoms with E-state index in [9.17, 15) is 0 Å². The third-order valence-electron chi connectivity index (χ3n) is 6.43. The van der Waals surface area contributed by atoms with Gasteiger partial charge in [0.05, 0.1) is 12.6 Å². The van der Waals surface area contributed by atoms with Crippen LogP contribution < -0.4 is 5.32 Å². The molecule has 3 aromatic rings. The van der Waals surface area contributed by atoms with E-state index in [1.807, 2.05) is 23.1 Å². The SMILES string of the molecule is Cc1cc(CNC(Cn2cccn2)c2ccccc2)c(C)c(CN2CCN(C)CC2)c1. The second-order valence-electron chi connectivity index (χ2n) is 8.86. The molecular formula is C26H35N5. The highest BCUT2D eigenvalue weighted by molar-refractivity contribution is 5.38. The van der Waals surface area contributed by atoms with Crippen molar-refractivity contribution < 1.29 is 0 Å². The summed E-state index contributed by atoms with van der Waals surface area (Å²) in [7, 11) is 2.21. The molecule has 0 bridgehead atoms. The molecule has 5 heteroatoms. The summed E-state index contributed by atoms with van der Waals surface area (Å²) in [4.78, 5) is 5.00. The lowest BCUT2D eigenvalue weighted by molar-refractivity contribution is 0.148. The molecule has 1 aliphatic heterocycles. The Balaban J connectivity index is 1.48. The molecule has 31 heavy (non-hydrogen) atoms. The van der Waals surface area contributed by atoms with Crippen LogP contribution in [0.3, 0.4) is 0 Å². The summed E-state index contributed by atoms with van der Waals surface area (Å²) >= 11 is 0. The Kier molecular flexibility index (Phi) is 7.17. The molecule has 1 N–H and O–H groups in total. The summed E-state index contributed by atoms with van der Waals surface area (Å²) in [6.45, 7) is 11.8. The Labute approximate surface area is 186 Å². The first kappa shape index (κ1) is 21.8. The number of hydrogen-bond donors (Lipinski definition) is 1. The van der Waals surface area contributed by atoms with Crippen molar-refractivity contribution in [3.63, 3.8) is 0 Å². The number of benzene rings is 2. The summed E-state index contributed by atoms with van der Waals surface area (Å²) < 4.78 is 2.01. The Morgan fingerprint density at radius 1 is 0.968 bits per heavy atom. The zero-order chi connectivity index (χ0) is 21.6. The topological polar surface area (TPSA) is 36.3 Å². The first-order valence-corrected chi connectivity index (χ1v) is 11.3. The maximum absolute atomic E-state index is 4.42. The molecule has 164 valence electrons. The molecule has 0 aliphatic carbocycles. The molecule has 0 spiro atoms. The van der Waals surface area contributed by atoms with Gasteiger partial charge in [-0.3, -0.25) is 9.58 Å². The Morgan fingerprint density at radius 3 is 2.42 bits per heavy atom. The second-order valence-corrected chi connectivity index (χ2v) is 8.86. The number of hydrogen-bond acceptors (Lipinski definition) is 4. The minimum absolute atomic E-state index is 0.210. The number of rotatable bonds is 8. The van der Waals surface area contributed by atoms with Gasteiger partial charge in [0.2, 0.25) is 0 Å². The Morgan fingerprint density at radius 2 is 1.71 bits per heavy atom. The summed E-state index contributed by atoms with van der Waals surface area (Å²) in [5, 5.41) is 8.23. The average Bonchev–Trinajstić information content (AvgIpc) is 3.29. The van der Waals surface area contributed by atoms with E-state index in [1.165, 1.54) is 27.8 Å². The van der Waals surface area contributed by atoms with Crippen LogP contribution in [0.15, 0.2) is 60.9 Å². The van der Waals surface area contributed by atoms with Crippen LogP contribution in [0.2, 0.25) is 0 Å². The second kappa shape index (κ2) is 10.2. The molecule has 1 unspecified atom stereocenters. The van der Waals surface area contributed by atoms with Crippen LogP contribution in [0.5, 0.6) is 0 Å². The minimum atomic E-state index is 0.210. The first-order chi connectivity index (χ1) is 15.1. The van der Waals surface area contributed by atoms with E-state index in [0.717, 1.165) is 45.8 Å². The van der Waals surface area contributed by atoms with E-state index in [2.05, 4.69) is 83.6 Å². The average molecular weight is 418 g/mol. The van der Waals surface area contributed by atoms with Crippen molar-refractivity contribution in [1.82, 2.24) is 24.9 Å². The predicted molar refractivity (Wildman–Crippen MR) is 127 cm³/mol. The van der Waals surface area contributed by atoms with Gasteiger partial charge in [0.15, 0.2) is 0 Å². The number of piperazine rings is 1. The summed E-state index contributed by atoms with van der Waals surface area (Å²) in [5.41, 5.74) is 6.91. The van der Waals surface area contributed by atoms with E-state index in [1.54, 1.807) is 0 Å². The molecule has 5 nitrogen and oxygen atoms in total. The van der Waals surface area contributed by atoms with Crippen LogP contribution in [-0.4, -0.2) is 52.8 Å². The quantitative estimate of drug-likeness (QED) is 0.605. The lowest BCUT2D eigenvalue weighted by Gasteiger charge is -2.33. The number of aryl methyl sites for hydroxylation is 1. The monoisotopic (exact) mass is 417 g/mol. The molecule has 1 atom stereocenters. The summed E-state index contributed by atoms with van der Waals surface area (Å²) in [6.07, 6.45) is 3.88. The van der Waals surface area contributed by atoms with Crippen molar-refractivity contribution in [2.45, 2.75) is 39.5 Å². The minimum Gasteiger partial charge on any atom is -0.304 e. The molecule has 1 aromatic heterocycles. The van der Waals surface area contributed by atoms with Gasteiger partial charge < -0.3 is 10.2 Å². The van der Waals surface area contributed by atoms with Gasteiger partial charge in [-0.05, 0) is 49.2 Å². The highest BCUT2D eigenvalue weighted by Gasteiger charge is 2.17. The highest BCUT2D eigenvalue weighted by Crippen LogP contribution is 2.21. The molecule has 4 rings (SSSR count). The van der Waals surface area contributed by atoms with Crippen molar-refractivity contribution in [2.24, 2.45) is 0 Å². The summed E-state index contributed by atoms with van der Waals surface area (Å²) in [6, 6.07) is 17.6. The van der Waals surface area contributed by atoms with Crippen molar-refractivity contribution in [3.8, 4) is 0 Å². The van der Waals surface area contributed by atoms with Gasteiger partial charge >= 0.3 is 0 Å². The molecule has 0 amide bonds. The van der Waals surface area contributed by atoms with Crippen molar-refractivity contribution in [3.05, 3.63) is 88.7 Å². The van der Waals surface area contributed by atoms with Crippen LogP contribution in [0.1, 0.15) is 33.9 Å². The number of nitrogens with one attached hydrogen (secondary N) is 1. The molecule has 2 heterocycles. The van der Waals surface area contributed by atoms with Gasteiger partial charge in [0, 0.05) is 51.7 Å². The zero-order valence-electron chi connectivity index (χ0n) is 19.1. The highest BCUT2D eigenvalue weighted by atomic mass is 15.3. The van der Waals surface area contributed by atoms with Crippen molar-refractivity contribution in [2.75, 3.05) is 33.2 Å². The third-order valence-corrected chi connectivity index (χ3v) is 6.43. The van der Waals surface area contributed by atoms with Crippen LogP contribution >= 0.6 is 0 Å². The normalized spacial score (nSPS) is 16.5. The van der Waals surface area contributed by atoms with Gasteiger partial charge in [-0.15, -0.1) is 0 Å². The fourth-order valence-corrected chi connectivity index (χ4v) is 4.41. The van der Waals surface area contributed by atoms with Gasteiger partial charge in [0.1, 0.15) is 0 Å². The largest absolute Gasteiger partial charge is 0.304 e. The molecule has 0 saturated carbocycles. The van der Waals surface area contributed by atoms with Crippen LogP contribution in [0.25, 0.3) is 0 Å². The molecule has 2 aromatic carbocycles. The molecule has 1 saturated heterocycles. The summed E-state index contributed by atoms with van der Waals surface area (Å²) in [5.74, 6) is 0. The van der Waals surface area contributed by atoms with E-state index >= 15 is 0 Å². The first-order valence-electron chi connectivity index (χ1n) is 11.3. The van der Waals surface area contributed by atoms with E-state index < -0.39 is 0 Å². The maximum Gasteiger partial charge on any atom is 0.0604 e. The van der Waals surface area contributed by atoms with Gasteiger partial charge in [0.25, 0.3) is 0 Å². The molecule has 1 fully saturated rings. The third kappa shape index (κ3) is 5.82. The Hall–Kier alpha value is -2.47. The predicted octanol–water partition coefficient (Wildman–Crippen LogP) is 3.78. The standard InChI is InChI=1S/C26H35N5/c1-21-16-24(22(2)25(17-21)19-30-14-12-29(3)13-15-30)18-27-26(20-31-11-7-10-28-31)23-8-5-4-6-9-23/h4-11,16-17,26-27H,12-15,18-20H2,1-3H3.